The summed E-state index contributed by atoms with van der Waals surface area (Å²) in [6.07, 6.45) is 0. The minimum atomic E-state index is -0.0796. The maximum atomic E-state index is 12.0. The zero-order chi connectivity index (χ0) is 18.1. The minimum Gasteiger partial charge on any atom is -0.497 e. The predicted molar refractivity (Wildman–Crippen MR) is 100 cm³/mol. The van der Waals surface area contributed by atoms with Gasteiger partial charge in [-0.15, -0.1) is 0 Å². The number of hydrogen-bond donors (Lipinski definition) is 2. The van der Waals surface area contributed by atoms with E-state index in [0.717, 1.165) is 28.3 Å². The molecule has 1 amide bonds. The van der Waals surface area contributed by atoms with Gasteiger partial charge in [-0.25, -0.2) is 0 Å². The lowest BCUT2D eigenvalue weighted by Gasteiger charge is -2.10. The second kappa shape index (κ2) is 9.37. The first-order valence-corrected chi connectivity index (χ1v) is 8.07. The van der Waals surface area contributed by atoms with E-state index in [2.05, 4.69) is 17.2 Å². The molecule has 0 fully saturated rings. The number of anilines is 1. The molecule has 0 unspecified atom stereocenters. The van der Waals surface area contributed by atoms with Crippen molar-refractivity contribution in [3.05, 3.63) is 66.2 Å². The Labute approximate surface area is 148 Å². The van der Waals surface area contributed by atoms with Gasteiger partial charge < -0.3 is 20.1 Å². The van der Waals surface area contributed by atoms with Crippen LogP contribution in [0.3, 0.4) is 0 Å². The van der Waals surface area contributed by atoms with Gasteiger partial charge in [-0.05, 0) is 42.3 Å². The van der Waals surface area contributed by atoms with Gasteiger partial charge in [0.25, 0.3) is 0 Å². The van der Waals surface area contributed by atoms with Gasteiger partial charge in [-0.3, -0.25) is 4.79 Å². The zero-order valence-corrected chi connectivity index (χ0v) is 14.7. The van der Waals surface area contributed by atoms with Crippen LogP contribution in [0.2, 0.25) is 0 Å². The van der Waals surface area contributed by atoms with Crippen LogP contribution < -0.4 is 20.1 Å². The summed E-state index contributed by atoms with van der Waals surface area (Å²) in [5.74, 6) is 1.46. The van der Waals surface area contributed by atoms with E-state index < -0.39 is 0 Å². The largest absolute Gasteiger partial charge is 0.497 e. The molecule has 2 aromatic rings. The van der Waals surface area contributed by atoms with Gasteiger partial charge in [0.1, 0.15) is 18.1 Å². The molecule has 0 aliphatic heterocycles. The van der Waals surface area contributed by atoms with Crippen LogP contribution in [0.1, 0.15) is 12.5 Å². The van der Waals surface area contributed by atoms with E-state index in [9.17, 15) is 4.79 Å². The first-order chi connectivity index (χ1) is 12.1. The van der Waals surface area contributed by atoms with Gasteiger partial charge in [0.2, 0.25) is 5.91 Å². The minimum absolute atomic E-state index is 0.0796. The van der Waals surface area contributed by atoms with Crippen LogP contribution in [0.25, 0.3) is 0 Å². The van der Waals surface area contributed by atoms with Crippen LogP contribution in [0.5, 0.6) is 11.5 Å². The van der Waals surface area contributed by atoms with Crippen molar-refractivity contribution in [1.29, 1.82) is 0 Å². The third-order valence-electron chi connectivity index (χ3n) is 3.42. The number of carbonyl (C=O) groups excluding carboxylic acids is 1. The zero-order valence-electron chi connectivity index (χ0n) is 14.7. The van der Waals surface area contributed by atoms with Gasteiger partial charge in [0, 0.05) is 18.3 Å². The first-order valence-electron chi connectivity index (χ1n) is 8.07. The molecule has 0 heterocycles. The lowest BCUT2D eigenvalue weighted by atomic mass is 10.2. The summed E-state index contributed by atoms with van der Waals surface area (Å²) >= 11 is 0. The molecule has 0 spiro atoms. The Morgan fingerprint density at radius 2 is 1.88 bits per heavy atom. The average Bonchev–Trinajstić information content (AvgIpc) is 2.63. The maximum Gasteiger partial charge on any atom is 0.239 e. The van der Waals surface area contributed by atoms with Crippen molar-refractivity contribution in [2.45, 2.75) is 13.5 Å². The molecular weight excluding hydrogens is 316 g/mol. The summed E-state index contributed by atoms with van der Waals surface area (Å²) in [5.41, 5.74) is 2.81. The Bertz CT molecular complexity index is 711. The number of rotatable bonds is 9. The molecule has 0 saturated heterocycles. The van der Waals surface area contributed by atoms with Crippen LogP contribution in [-0.2, 0) is 11.3 Å². The van der Waals surface area contributed by atoms with Gasteiger partial charge in [-0.1, -0.05) is 24.8 Å². The summed E-state index contributed by atoms with van der Waals surface area (Å²) in [6.45, 7) is 6.87. The second-order valence-corrected chi connectivity index (χ2v) is 5.75. The average molecular weight is 340 g/mol. The number of hydrogen-bond acceptors (Lipinski definition) is 4. The topological polar surface area (TPSA) is 59.6 Å². The number of methoxy groups -OCH3 is 1. The molecule has 0 bridgehead atoms. The van der Waals surface area contributed by atoms with Crippen LogP contribution in [-0.4, -0.2) is 26.2 Å². The van der Waals surface area contributed by atoms with E-state index >= 15 is 0 Å². The van der Waals surface area contributed by atoms with E-state index in [4.69, 9.17) is 9.47 Å². The molecule has 2 rings (SSSR count). The summed E-state index contributed by atoms with van der Waals surface area (Å²) in [7, 11) is 1.63. The Hall–Kier alpha value is -2.95. The van der Waals surface area contributed by atoms with E-state index in [1.807, 2.05) is 55.5 Å². The summed E-state index contributed by atoms with van der Waals surface area (Å²) < 4.78 is 10.7. The highest BCUT2D eigenvalue weighted by atomic mass is 16.5. The third kappa shape index (κ3) is 6.59. The Morgan fingerprint density at radius 3 is 2.56 bits per heavy atom. The molecule has 2 N–H and O–H groups in total. The van der Waals surface area contributed by atoms with E-state index in [-0.39, 0.29) is 12.5 Å². The van der Waals surface area contributed by atoms with Crippen molar-refractivity contribution in [2.75, 3.05) is 25.6 Å². The van der Waals surface area contributed by atoms with Crippen molar-refractivity contribution < 1.29 is 14.3 Å². The molecule has 0 radical (unpaired) electrons. The molecule has 5 heteroatoms. The molecule has 25 heavy (non-hydrogen) atoms. The molecule has 0 aliphatic rings. The third-order valence-corrected chi connectivity index (χ3v) is 3.42. The Balaban J connectivity index is 1.77. The van der Waals surface area contributed by atoms with Crippen molar-refractivity contribution >= 4 is 11.6 Å². The molecular formula is C20H24N2O3. The quantitative estimate of drug-likeness (QED) is 0.687. The molecule has 132 valence electrons. The van der Waals surface area contributed by atoms with E-state index in [1.165, 1.54) is 0 Å². The SMILES string of the molecule is C=C(C)COc1cccc(NCC(=O)NCc2ccc(OC)cc2)c1. The first kappa shape index (κ1) is 18.4. The standard InChI is InChI=1S/C20H24N2O3/c1-15(2)14-25-19-6-4-5-17(11-19)21-13-20(23)22-12-16-7-9-18(24-3)10-8-16/h4-11,21H,1,12-14H2,2-3H3,(H,22,23). The number of benzene rings is 2. The van der Waals surface area contributed by atoms with E-state index in [1.54, 1.807) is 7.11 Å². The lowest BCUT2D eigenvalue weighted by Crippen LogP contribution is -2.29. The van der Waals surface area contributed by atoms with Crippen LogP contribution >= 0.6 is 0 Å². The van der Waals surface area contributed by atoms with Crippen molar-refractivity contribution in [1.82, 2.24) is 5.32 Å². The van der Waals surface area contributed by atoms with Crippen LogP contribution in [0, 0.1) is 0 Å². The molecule has 5 nitrogen and oxygen atoms in total. The highest BCUT2D eigenvalue weighted by Gasteiger charge is 2.03. The van der Waals surface area contributed by atoms with Crippen LogP contribution in [0.4, 0.5) is 5.69 Å². The highest BCUT2D eigenvalue weighted by Crippen LogP contribution is 2.17. The normalized spacial score (nSPS) is 10.0. The van der Waals surface area contributed by atoms with Gasteiger partial charge >= 0.3 is 0 Å². The number of nitrogens with one attached hydrogen (secondary N) is 2. The summed E-state index contributed by atoms with van der Waals surface area (Å²) in [4.78, 5) is 12.0. The van der Waals surface area contributed by atoms with E-state index in [0.29, 0.717) is 13.2 Å². The molecule has 2 aromatic carbocycles. The van der Waals surface area contributed by atoms with Gasteiger partial charge in [0.05, 0.1) is 13.7 Å². The lowest BCUT2D eigenvalue weighted by molar-refractivity contribution is -0.119. The monoisotopic (exact) mass is 340 g/mol. The Kier molecular flexibility index (Phi) is 6.89. The fourth-order valence-corrected chi connectivity index (χ4v) is 2.09. The second-order valence-electron chi connectivity index (χ2n) is 5.75. The van der Waals surface area contributed by atoms with Crippen molar-refractivity contribution in [2.24, 2.45) is 0 Å². The summed E-state index contributed by atoms with van der Waals surface area (Å²) in [6, 6.07) is 15.1. The molecule has 0 aromatic heterocycles. The molecule has 0 saturated carbocycles. The van der Waals surface area contributed by atoms with Gasteiger partial charge in [-0.2, -0.15) is 0 Å². The van der Waals surface area contributed by atoms with Gasteiger partial charge in [0.15, 0.2) is 0 Å². The fourth-order valence-electron chi connectivity index (χ4n) is 2.09. The predicted octanol–water partition coefficient (Wildman–Crippen LogP) is 3.38. The van der Waals surface area contributed by atoms with Crippen molar-refractivity contribution in [3.63, 3.8) is 0 Å². The van der Waals surface area contributed by atoms with Crippen molar-refractivity contribution in [3.8, 4) is 11.5 Å². The number of amides is 1. The maximum absolute atomic E-state index is 12.0. The molecule has 0 aliphatic carbocycles. The van der Waals surface area contributed by atoms with Crippen LogP contribution in [0.15, 0.2) is 60.7 Å². The Morgan fingerprint density at radius 1 is 1.12 bits per heavy atom. The smallest absolute Gasteiger partial charge is 0.239 e. The highest BCUT2D eigenvalue weighted by molar-refractivity contribution is 5.80. The fraction of sp³-hybridized carbons (Fsp3) is 0.250. The number of ether oxygens (including phenoxy) is 2. The molecule has 0 atom stereocenters. The number of carbonyl (C=O) groups is 1. The summed E-state index contributed by atoms with van der Waals surface area (Å²) in [5, 5.41) is 5.97.